The van der Waals surface area contributed by atoms with Crippen LogP contribution in [0, 0.1) is 0 Å². The van der Waals surface area contributed by atoms with Gasteiger partial charge in [-0.25, -0.2) is 15.0 Å². The number of nitrogens with zero attached hydrogens (tertiary/aromatic N) is 3. The molecule has 0 unspecified atom stereocenters. The van der Waals surface area contributed by atoms with Gasteiger partial charge in [0.2, 0.25) is 0 Å². The molecule has 288 valence electrons. The fourth-order valence-electron chi connectivity index (χ4n) is 10.4. The maximum absolute atomic E-state index is 6.32. The average Bonchev–Trinajstić information content (AvgIpc) is 3.98. The van der Waals surface area contributed by atoms with Crippen LogP contribution in [0.3, 0.4) is 0 Å². The van der Waals surface area contributed by atoms with Crippen molar-refractivity contribution in [1.29, 1.82) is 0 Å². The normalized spacial score (nSPS) is 13.0. The van der Waals surface area contributed by atoms with Crippen molar-refractivity contribution in [2.24, 2.45) is 0 Å². The topological polar surface area (TPSA) is 51.8 Å². The van der Waals surface area contributed by atoms with Gasteiger partial charge in [0.05, 0.1) is 5.41 Å². The maximum Gasteiger partial charge on any atom is 0.164 e. The van der Waals surface area contributed by atoms with Gasteiger partial charge in [0.15, 0.2) is 17.5 Å². The summed E-state index contributed by atoms with van der Waals surface area (Å²) >= 11 is 0. The molecule has 0 amide bonds. The number of fused-ring (bicyclic) bond motifs is 13. The second-order valence-corrected chi connectivity index (χ2v) is 16.2. The van der Waals surface area contributed by atoms with E-state index in [9.17, 15) is 0 Å². The first kappa shape index (κ1) is 34.6. The highest BCUT2D eigenvalue weighted by Crippen LogP contribution is 2.63. The van der Waals surface area contributed by atoms with E-state index < -0.39 is 5.41 Å². The number of rotatable bonds is 5. The van der Waals surface area contributed by atoms with E-state index >= 15 is 0 Å². The highest BCUT2D eigenvalue weighted by atomic mass is 16.3. The highest BCUT2D eigenvalue weighted by Gasteiger charge is 2.51. The van der Waals surface area contributed by atoms with Gasteiger partial charge in [-0.2, -0.15) is 0 Å². The Kier molecular flexibility index (Phi) is 7.49. The lowest BCUT2D eigenvalue weighted by molar-refractivity contribution is 0.669. The molecule has 0 bridgehead atoms. The van der Waals surface area contributed by atoms with E-state index in [0.717, 1.165) is 60.9 Å². The first-order valence-corrected chi connectivity index (χ1v) is 21.1. The number of hydrogen-bond acceptors (Lipinski definition) is 4. The Morgan fingerprint density at radius 3 is 1.50 bits per heavy atom. The quantitative estimate of drug-likeness (QED) is 0.174. The van der Waals surface area contributed by atoms with E-state index in [1.54, 1.807) is 0 Å². The fraction of sp³-hybridized carbons (Fsp3) is 0.0172. The Bertz CT molecular complexity index is 3540. The minimum atomic E-state index is -0.416. The van der Waals surface area contributed by atoms with Crippen molar-refractivity contribution in [2.45, 2.75) is 5.41 Å². The van der Waals surface area contributed by atoms with Crippen molar-refractivity contribution in [2.75, 3.05) is 0 Å². The van der Waals surface area contributed by atoms with Crippen LogP contribution in [0.5, 0.6) is 0 Å². The van der Waals surface area contributed by atoms with Crippen LogP contribution in [-0.2, 0) is 5.41 Å². The highest BCUT2D eigenvalue weighted by molar-refractivity contribution is 6.13. The van der Waals surface area contributed by atoms with Crippen LogP contribution in [0.2, 0.25) is 0 Å². The Labute approximate surface area is 358 Å². The molecule has 13 rings (SSSR count). The van der Waals surface area contributed by atoms with Crippen LogP contribution in [0.25, 0.3) is 101 Å². The second-order valence-electron chi connectivity index (χ2n) is 16.2. The smallest absolute Gasteiger partial charge is 0.164 e. The van der Waals surface area contributed by atoms with Gasteiger partial charge in [-0.3, -0.25) is 0 Å². The van der Waals surface area contributed by atoms with Crippen LogP contribution in [-0.4, -0.2) is 15.0 Å². The average molecular weight is 790 g/mol. The van der Waals surface area contributed by atoms with E-state index in [4.69, 9.17) is 19.4 Å². The first-order chi connectivity index (χ1) is 30.7. The molecule has 0 N–H and O–H groups in total. The van der Waals surface area contributed by atoms with Gasteiger partial charge in [-0.1, -0.05) is 188 Å². The summed E-state index contributed by atoms with van der Waals surface area (Å²) in [6.07, 6.45) is 0. The van der Waals surface area contributed by atoms with Crippen molar-refractivity contribution >= 4 is 21.9 Å². The number of para-hydroxylation sites is 1. The van der Waals surface area contributed by atoms with Crippen LogP contribution in [0.4, 0.5) is 0 Å². The SMILES string of the molecule is c1ccc(-c2nc(-c3cccc(-c4ccc5c(c4)C4(c6ccccc6-c6ccccc64)c4ccccc4-5)c3)nc(-c3ccccc3-c3cccc4oc5ccccc5c34)n2)cc1. The zero-order valence-corrected chi connectivity index (χ0v) is 33.5. The zero-order valence-electron chi connectivity index (χ0n) is 33.5. The first-order valence-electron chi connectivity index (χ1n) is 21.1. The van der Waals surface area contributed by atoms with Crippen molar-refractivity contribution in [3.05, 3.63) is 235 Å². The van der Waals surface area contributed by atoms with Crippen molar-refractivity contribution in [3.63, 3.8) is 0 Å². The lowest BCUT2D eigenvalue weighted by Crippen LogP contribution is -2.25. The molecule has 2 aliphatic carbocycles. The molecule has 62 heavy (non-hydrogen) atoms. The van der Waals surface area contributed by atoms with Crippen LogP contribution in [0.15, 0.2) is 217 Å². The fourth-order valence-corrected chi connectivity index (χ4v) is 10.4. The standard InChI is InChI=1S/C58H35N3O/c1-2-16-36(17-3-1)55-59-56(61-57(60-55)46-24-5-4-20-40(46)45-26-15-31-53-54(45)47-25-9-13-30-52(47)62-53)39-19-14-18-37(34-39)38-32-33-44-43-23-8-12-29-50(43)58(51(44)35-38)48-27-10-6-21-41(48)42-22-7-11-28-49(42)58/h1-35H. The number of hydrogen-bond donors (Lipinski definition) is 0. The molecule has 2 aromatic heterocycles. The molecular formula is C58H35N3O. The molecule has 0 saturated heterocycles. The molecule has 11 aromatic rings. The number of aromatic nitrogens is 3. The Morgan fingerprint density at radius 2 is 0.774 bits per heavy atom. The summed E-state index contributed by atoms with van der Waals surface area (Å²) < 4.78 is 6.32. The molecule has 0 atom stereocenters. The Morgan fingerprint density at radius 1 is 0.290 bits per heavy atom. The molecule has 2 aliphatic rings. The summed E-state index contributed by atoms with van der Waals surface area (Å²) in [7, 11) is 0. The summed E-state index contributed by atoms with van der Waals surface area (Å²) in [5.41, 5.74) is 18.9. The van der Waals surface area contributed by atoms with Gasteiger partial charge >= 0.3 is 0 Å². The van der Waals surface area contributed by atoms with E-state index in [0.29, 0.717) is 17.5 Å². The van der Waals surface area contributed by atoms with Crippen LogP contribution < -0.4 is 0 Å². The summed E-state index contributed by atoms with van der Waals surface area (Å²) in [5, 5.41) is 2.15. The molecule has 2 heterocycles. The Hall–Kier alpha value is -8.21. The van der Waals surface area contributed by atoms with Gasteiger partial charge in [-0.15, -0.1) is 0 Å². The minimum absolute atomic E-state index is 0.416. The summed E-state index contributed by atoms with van der Waals surface area (Å²) in [5.74, 6) is 1.84. The van der Waals surface area contributed by atoms with Crippen LogP contribution in [0.1, 0.15) is 22.3 Å². The molecule has 4 heteroatoms. The third kappa shape index (κ3) is 4.98. The second kappa shape index (κ2) is 13.4. The van der Waals surface area contributed by atoms with E-state index in [1.807, 2.05) is 36.4 Å². The lowest BCUT2D eigenvalue weighted by atomic mass is 9.70. The van der Waals surface area contributed by atoms with Crippen LogP contribution >= 0.6 is 0 Å². The Balaban J connectivity index is 0.980. The molecular weight excluding hydrogens is 755 g/mol. The molecule has 0 radical (unpaired) electrons. The van der Waals surface area contributed by atoms with E-state index in [2.05, 4.69) is 176 Å². The van der Waals surface area contributed by atoms with Gasteiger partial charge in [0, 0.05) is 27.5 Å². The van der Waals surface area contributed by atoms with Gasteiger partial charge < -0.3 is 4.42 Å². The molecule has 0 aliphatic heterocycles. The van der Waals surface area contributed by atoms with E-state index in [1.165, 1.54) is 44.5 Å². The maximum atomic E-state index is 6.32. The van der Waals surface area contributed by atoms with Gasteiger partial charge in [0.25, 0.3) is 0 Å². The minimum Gasteiger partial charge on any atom is -0.456 e. The zero-order chi connectivity index (χ0) is 40.8. The summed E-state index contributed by atoms with van der Waals surface area (Å²) in [4.78, 5) is 15.7. The van der Waals surface area contributed by atoms with Crippen molar-refractivity contribution in [1.82, 2.24) is 15.0 Å². The third-order valence-corrected chi connectivity index (χ3v) is 13.0. The van der Waals surface area contributed by atoms with E-state index in [-0.39, 0.29) is 0 Å². The molecule has 9 aromatic carbocycles. The third-order valence-electron chi connectivity index (χ3n) is 13.0. The molecule has 4 nitrogen and oxygen atoms in total. The van der Waals surface area contributed by atoms with Gasteiger partial charge in [0.1, 0.15) is 11.2 Å². The number of furan rings is 1. The molecule has 0 fully saturated rings. The predicted octanol–water partition coefficient (Wildman–Crippen LogP) is 14.4. The van der Waals surface area contributed by atoms with Gasteiger partial charge in [-0.05, 0) is 91.0 Å². The number of benzene rings is 9. The predicted molar refractivity (Wildman–Crippen MR) is 251 cm³/mol. The van der Waals surface area contributed by atoms with Crippen molar-refractivity contribution in [3.8, 4) is 78.7 Å². The van der Waals surface area contributed by atoms with Crippen molar-refractivity contribution < 1.29 is 4.42 Å². The lowest BCUT2D eigenvalue weighted by Gasteiger charge is -2.30. The molecule has 1 spiro atoms. The molecule has 0 saturated carbocycles. The monoisotopic (exact) mass is 789 g/mol. The largest absolute Gasteiger partial charge is 0.456 e. The summed E-state index contributed by atoms with van der Waals surface area (Å²) in [6.45, 7) is 0. The summed E-state index contributed by atoms with van der Waals surface area (Å²) in [6, 6.07) is 75.6.